The van der Waals surface area contributed by atoms with Crippen LogP contribution >= 0.6 is 23.4 Å². The number of methoxy groups -OCH3 is 2. The normalized spacial score (nSPS) is 11.7. The number of nitrogens with zero attached hydrogens (tertiary/aromatic N) is 3. The molecular formula is C22H25Cl2N3O6. The van der Waals surface area contributed by atoms with Crippen molar-refractivity contribution in [3.63, 3.8) is 0 Å². The fraction of sp³-hybridized carbons (Fsp3) is 0.364. The third-order valence-corrected chi connectivity index (χ3v) is 4.82. The maximum atomic E-state index is 13.1. The second kappa shape index (κ2) is 12.3. The van der Waals surface area contributed by atoms with Gasteiger partial charge < -0.3 is 18.9 Å². The molecule has 0 aliphatic carbocycles. The molecule has 0 aliphatic heterocycles. The van der Waals surface area contributed by atoms with Crippen LogP contribution in [0.4, 0.5) is 11.4 Å². The van der Waals surface area contributed by atoms with E-state index in [1.54, 1.807) is 18.2 Å². The highest BCUT2D eigenvalue weighted by molar-refractivity contribution is 6.39. The van der Waals surface area contributed by atoms with Gasteiger partial charge in [-0.1, -0.05) is 11.6 Å². The summed E-state index contributed by atoms with van der Waals surface area (Å²) in [7, 11) is 2.83. The van der Waals surface area contributed by atoms with Crippen LogP contribution in [-0.4, -0.2) is 45.2 Å². The molecule has 178 valence electrons. The Morgan fingerprint density at radius 3 is 1.91 bits per heavy atom. The van der Waals surface area contributed by atoms with E-state index >= 15 is 0 Å². The number of benzene rings is 2. The smallest absolute Gasteiger partial charge is 0.276 e. The van der Waals surface area contributed by atoms with E-state index in [0.717, 1.165) is 4.42 Å². The van der Waals surface area contributed by atoms with Crippen molar-refractivity contribution in [3.05, 3.63) is 35.4 Å². The van der Waals surface area contributed by atoms with Gasteiger partial charge in [0.15, 0.2) is 23.0 Å². The minimum atomic E-state index is -1.51. The van der Waals surface area contributed by atoms with Crippen LogP contribution < -0.4 is 23.4 Å². The number of hydrogen-bond donors (Lipinski definition) is 0. The van der Waals surface area contributed by atoms with E-state index in [1.165, 1.54) is 33.3 Å². The molecule has 1 unspecified atom stereocenters. The lowest BCUT2D eigenvalue weighted by molar-refractivity contribution is -0.126. The Kier molecular flexibility index (Phi) is 9.74. The van der Waals surface area contributed by atoms with E-state index in [-0.39, 0.29) is 22.9 Å². The van der Waals surface area contributed by atoms with Crippen molar-refractivity contribution in [2.24, 2.45) is 10.2 Å². The number of ether oxygens (including phenoxy) is 4. The van der Waals surface area contributed by atoms with Gasteiger partial charge in [-0.2, -0.15) is 5.11 Å². The molecule has 0 bridgehead atoms. The number of halogens is 2. The Bertz CT molecular complexity index is 982. The van der Waals surface area contributed by atoms with E-state index in [4.69, 9.17) is 42.3 Å². The predicted octanol–water partition coefficient (Wildman–Crippen LogP) is 5.38. The van der Waals surface area contributed by atoms with Gasteiger partial charge in [-0.05, 0) is 20.8 Å². The van der Waals surface area contributed by atoms with Gasteiger partial charge in [0.25, 0.3) is 5.91 Å². The Balaban J connectivity index is 2.41. The summed E-state index contributed by atoms with van der Waals surface area (Å²) in [5, 5.41) is 8.33. The highest BCUT2D eigenvalue weighted by Gasteiger charge is 2.30. The number of carbonyl (C=O) groups is 2. The molecule has 0 radical (unpaired) electrons. The highest BCUT2D eigenvalue weighted by atomic mass is 35.5. The van der Waals surface area contributed by atoms with Crippen molar-refractivity contribution in [2.75, 3.05) is 31.9 Å². The molecule has 0 saturated carbocycles. The standard InChI is InChI=1S/C22H25Cl2N3O6/c1-6-32-16-10-15(11-17(12-16)33-7-2)27(24)22(29)20(13(3)28)25-26-21-18(30-4)8-14(23)9-19(21)31-5/h8-12,20H,6-7H2,1-5H3. The molecule has 33 heavy (non-hydrogen) atoms. The van der Waals surface area contributed by atoms with Crippen molar-refractivity contribution in [1.29, 1.82) is 0 Å². The van der Waals surface area contributed by atoms with E-state index in [2.05, 4.69) is 10.2 Å². The minimum Gasteiger partial charge on any atom is -0.494 e. The van der Waals surface area contributed by atoms with Gasteiger partial charge in [0.05, 0.1) is 33.1 Å². The van der Waals surface area contributed by atoms with Crippen molar-refractivity contribution >= 4 is 46.4 Å². The van der Waals surface area contributed by atoms with Crippen LogP contribution in [0.1, 0.15) is 20.8 Å². The van der Waals surface area contributed by atoms with E-state index in [9.17, 15) is 9.59 Å². The maximum absolute atomic E-state index is 13.1. The van der Waals surface area contributed by atoms with Gasteiger partial charge in [-0.25, -0.2) is 4.42 Å². The largest absolute Gasteiger partial charge is 0.494 e. The average Bonchev–Trinajstić information content (AvgIpc) is 2.78. The molecule has 0 saturated heterocycles. The molecule has 2 aromatic rings. The first kappa shape index (κ1) is 26.2. The first-order chi connectivity index (χ1) is 15.7. The number of rotatable bonds is 11. The van der Waals surface area contributed by atoms with Crippen LogP contribution in [0.15, 0.2) is 40.6 Å². The summed E-state index contributed by atoms with van der Waals surface area (Å²) < 4.78 is 22.3. The van der Waals surface area contributed by atoms with Crippen molar-refractivity contribution in [2.45, 2.75) is 26.8 Å². The van der Waals surface area contributed by atoms with Crippen molar-refractivity contribution in [1.82, 2.24) is 0 Å². The number of hydrogen-bond acceptors (Lipinski definition) is 8. The van der Waals surface area contributed by atoms with Crippen LogP contribution in [-0.2, 0) is 9.59 Å². The molecule has 0 fully saturated rings. The average molecular weight is 498 g/mol. The quantitative estimate of drug-likeness (QED) is 0.234. The van der Waals surface area contributed by atoms with Crippen molar-refractivity contribution in [3.8, 4) is 23.0 Å². The fourth-order valence-electron chi connectivity index (χ4n) is 2.78. The van der Waals surface area contributed by atoms with Gasteiger partial charge >= 0.3 is 0 Å². The predicted molar refractivity (Wildman–Crippen MR) is 126 cm³/mol. The van der Waals surface area contributed by atoms with E-state index in [0.29, 0.717) is 29.7 Å². The molecule has 9 nitrogen and oxygen atoms in total. The van der Waals surface area contributed by atoms with Crippen LogP contribution in [0.25, 0.3) is 0 Å². The third-order valence-electron chi connectivity index (χ3n) is 4.24. The zero-order chi connectivity index (χ0) is 24.5. The first-order valence-corrected chi connectivity index (χ1v) is 10.7. The van der Waals surface area contributed by atoms with Crippen LogP contribution in [0, 0.1) is 0 Å². The Morgan fingerprint density at radius 1 is 0.970 bits per heavy atom. The molecule has 0 aliphatic rings. The number of Topliss-reactive ketones (excluding diaryl/α,β-unsaturated/α-hetero) is 1. The topological polar surface area (TPSA) is 99.0 Å². The molecule has 11 heteroatoms. The lowest BCUT2D eigenvalue weighted by Gasteiger charge is -2.19. The second-order valence-electron chi connectivity index (χ2n) is 6.54. The van der Waals surface area contributed by atoms with Gasteiger partial charge in [-0.3, -0.25) is 9.59 Å². The molecule has 0 aromatic heterocycles. The van der Waals surface area contributed by atoms with Gasteiger partial charge in [-0.15, -0.1) is 5.11 Å². The summed E-state index contributed by atoms with van der Waals surface area (Å²) in [5.74, 6) is 0.0444. The molecule has 2 aromatic carbocycles. The third kappa shape index (κ3) is 6.72. The van der Waals surface area contributed by atoms with Crippen LogP contribution in [0.3, 0.4) is 0 Å². The van der Waals surface area contributed by atoms with Crippen LogP contribution in [0.2, 0.25) is 5.02 Å². The minimum absolute atomic E-state index is 0.168. The second-order valence-corrected chi connectivity index (χ2v) is 7.31. The number of carbonyl (C=O) groups excluding carboxylic acids is 2. The molecule has 2 rings (SSSR count). The summed E-state index contributed by atoms with van der Waals surface area (Å²) in [4.78, 5) is 25.3. The molecule has 0 N–H and O–H groups in total. The number of anilines is 1. The summed E-state index contributed by atoms with van der Waals surface area (Å²) in [6, 6.07) is 6.27. The molecule has 1 amide bonds. The zero-order valence-electron chi connectivity index (χ0n) is 18.9. The van der Waals surface area contributed by atoms with Gasteiger partial charge in [0.2, 0.25) is 6.04 Å². The zero-order valence-corrected chi connectivity index (χ0v) is 20.4. The highest BCUT2D eigenvalue weighted by Crippen LogP contribution is 2.40. The summed E-state index contributed by atoms with van der Waals surface area (Å²) >= 11 is 12.3. The van der Waals surface area contributed by atoms with Crippen LogP contribution in [0.5, 0.6) is 23.0 Å². The Hall–Kier alpha value is -3.04. The SMILES string of the molecule is CCOc1cc(OCC)cc(N(Cl)C(=O)C(N=Nc2c(OC)cc(Cl)cc2OC)C(C)=O)c1. The lowest BCUT2D eigenvalue weighted by Crippen LogP contribution is -2.36. The monoisotopic (exact) mass is 497 g/mol. The first-order valence-electron chi connectivity index (χ1n) is 9.98. The summed E-state index contributed by atoms with van der Waals surface area (Å²) in [5.41, 5.74) is 0.417. The number of amides is 1. The maximum Gasteiger partial charge on any atom is 0.276 e. The van der Waals surface area contributed by atoms with Gasteiger partial charge in [0, 0.05) is 47.1 Å². The Labute approximate surface area is 202 Å². The van der Waals surface area contributed by atoms with E-state index in [1.807, 2.05) is 13.8 Å². The number of ketones is 1. The lowest BCUT2D eigenvalue weighted by atomic mass is 10.2. The Morgan fingerprint density at radius 2 is 1.48 bits per heavy atom. The molecule has 0 spiro atoms. The molecular weight excluding hydrogens is 473 g/mol. The molecule has 1 atom stereocenters. The summed E-state index contributed by atoms with van der Waals surface area (Å²) in [6.07, 6.45) is 0. The van der Waals surface area contributed by atoms with Gasteiger partial charge in [0.1, 0.15) is 11.5 Å². The summed E-state index contributed by atoms with van der Waals surface area (Å²) in [6.45, 7) is 5.66. The molecule has 0 heterocycles. The van der Waals surface area contributed by atoms with E-state index < -0.39 is 17.7 Å². The fourth-order valence-corrected chi connectivity index (χ4v) is 3.17. The number of azo groups is 1. The van der Waals surface area contributed by atoms with Crippen molar-refractivity contribution < 1.29 is 28.5 Å².